The molecule has 1 unspecified atom stereocenters. The Labute approximate surface area is 149 Å². The zero-order valence-electron chi connectivity index (χ0n) is 14.7. The van der Waals surface area contributed by atoms with Crippen LogP contribution in [0.2, 0.25) is 0 Å². The first-order chi connectivity index (χ1) is 12.4. The van der Waals surface area contributed by atoms with E-state index < -0.39 is 11.2 Å². The standard InChI is InChI=1S/C19H20FN3O3/c1-21-12-14(18(25)22(2)19(21)26)7-10-17(24)23-11-3-4-16(23)13-5-8-15(20)9-6-13/h5-10,12,16H,3-4,11H2,1-2H3/b10-7+. The van der Waals surface area contributed by atoms with Crippen molar-refractivity contribution in [2.75, 3.05) is 6.54 Å². The van der Waals surface area contributed by atoms with Gasteiger partial charge in [0.25, 0.3) is 5.56 Å². The summed E-state index contributed by atoms with van der Waals surface area (Å²) in [5.41, 5.74) is 0.284. The van der Waals surface area contributed by atoms with E-state index in [1.54, 1.807) is 24.1 Å². The number of aromatic nitrogens is 2. The number of nitrogens with zero attached hydrogens (tertiary/aromatic N) is 3. The minimum absolute atomic E-state index is 0.101. The predicted molar refractivity (Wildman–Crippen MR) is 96.0 cm³/mol. The summed E-state index contributed by atoms with van der Waals surface area (Å²) in [5, 5.41) is 0. The Balaban J connectivity index is 1.83. The van der Waals surface area contributed by atoms with Crippen molar-refractivity contribution < 1.29 is 9.18 Å². The predicted octanol–water partition coefficient (Wildman–Crippen LogP) is 1.60. The fourth-order valence-corrected chi connectivity index (χ4v) is 3.27. The first-order valence-electron chi connectivity index (χ1n) is 8.39. The number of likely N-dealkylation sites (tertiary alicyclic amines) is 1. The van der Waals surface area contributed by atoms with Crippen molar-refractivity contribution in [1.82, 2.24) is 14.0 Å². The van der Waals surface area contributed by atoms with E-state index in [0.29, 0.717) is 6.54 Å². The lowest BCUT2D eigenvalue weighted by molar-refractivity contribution is -0.126. The van der Waals surface area contributed by atoms with Gasteiger partial charge < -0.3 is 9.47 Å². The Hall–Kier alpha value is -2.96. The Morgan fingerprint density at radius 1 is 1.19 bits per heavy atom. The molecule has 2 heterocycles. The molecule has 2 aromatic rings. The quantitative estimate of drug-likeness (QED) is 0.784. The van der Waals surface area contributed by atoms with Gasteiger partial charge in [-0.1, -0.05) is 12.1 Å². The number of carbonyl (C=O) groups excluding carboxylic acids is 1. The summed E-state index contributed by atoms with van der Waals surface area (Å²) in [6, 6.07) is 6.06. The number of amides is 1. The molecule has 0 radical (unpaired) electrons. The molecule has 1 aliphatic rings. The molecular formula is C19H20FN3O3. The summed E-state index contributed by atoms with van der Waals surface area (Å²) < 4.78 is 15.4. The average Bonchev–Trinajstić information content (AvgIpc) is 3.12. The van der Waals surface area contributed by atoms with Crippen LogP contribution in [0.25, 0.3) is 6.08 Å². The molecule has 3 rings (SSSR count). The first-order valence-corrected chi connectivity index (χ1v) is 8.39. The third-order valence-electron chi connectivity index (χ3n) is 4.67. The number of rotatable bonds is 3. The van der Waals surface area contributed by atoms with E-state index in [1.165, 1.54) is 42.1 Å². The molecule has 136 valence electrons. The molecular weight excluding hydrogens is 337 g/mol. The number of aryl methyl sites for hydroxylation is 1. The summed E-state index contributed by atoms with van der Waals surface area (Å²) in [6.45, 7) is 0.608. The Morgan fingerprint density at radius 3 is 2.58 bits per heavy atom. The molecule has 0 aliphatic carbocycles. The van der Waals surface area contributed by atoms with Gasteiger partial charge in [0.2, 0.25) is 5.91 Å². The van der Waals surface area contributed by atoms with Gasteiger partial charge in [0.05, 0.1) is 11.6 Å². The number of hydrogen-bond acceptors (Lipinski definition) is 3. The molecule has 1 amide bonds. The lowest BCUT2D eigenvalue weighted by Crippen LogP contribution is -2.37. The van der Waals surface area contributed by atoms with Crippen molar-refractivity contribution in [3.05, 3.63) is 74.3 Å². The van der Waals surface area contributed by atoms with Crippen molar-refractivity contribution in [1.29, 1.82) is 0 Å². The van der Waals surface area contributed by atoms with E-state index in [-0.39, 0.29) is 23.3 Å². The normalized spacial score (nSPS) is 17.2. The highest BCUT2D eigenvalue weighted by Crippen LogP contribution is 2.32. The molecule has 7 heteroatoms. The monoisotopic (exact) mass is 357 g/mol. The van der Waals surface area contributed by atoms with Gasteiger partial charge in [0.15, 0.2) is 0 Å². The molecule has 1 aromatic carbocycles. The lowest BCUT2D eigenvalue weighted by atomic mass is 10.0. The fraction of sp³-hybridized carbons (Fsp3) is 0.316. The van der Waals surface area contributed by atoms with Crippen LogP contribution >= 0.6 is 0 Å². The third kappa shape index (κ3) is 3.37. The van der Waals surface area contributed by atoms with E-state index in [0.717, 1.165) is 23.0 Å². The molecule has 26 heavy (non-hydrogen) atoms. The maximum atomic E-state index is 13.1. The van der Waals surface area contributed by atoms with E-state index >= 15 is 0 Å². The minimum atomic E-state index is -0.450. The second-order valence-corrected chi connectivity index (χ2v) is 6.42. The van der Waals surface area contributed by atoms with Crippen LogP contribution in [-0.2, 0) is 18.9 Å². The van der Waals surface area contributed by atoms with Gasteiger partial charge in [-0.15, -0.1) is 0 Å². The highest BCUT2D eigenvalue weighted by atomic mass is 19.1. The average molecular weight is 357 g/mol. The van der Waals surface area contributed by atoms with Crippen LogP contribution in [0.5, 0.6) is 0 Å². The van der Waals surface area contributed by atoms with Crippen molar-refractivity contribution in [2.45, 2.75) is 18.9 Å². The summed E-state index contributed by atoms with van der Waals surface area (Å²) in [4.78, 5) is 38.2. The van der Waals surface area contributed by atoms with Crippen LogP contribution in [0.1, 0.15) is 30.0 Å². The number of halogens is 1. The first kappa shape index (κ1) is 17.8. The van der Waals surface area contributed by atoms with E-state index in [2.05, 4.69) is 0 Å². The summed E-state index contributed by atoms with van der Waals surface area (Å²) >= 11 is 0. The molecule has 6 nitrogen and oxygen atoms in total. The van der Waals surface area contributed by atoms with Gasteiger partial charge in [-0.05, 0) is 36.6 Å². The van der Waals surface area contributed by atoms with E-state index in [9.17, 15) is 18.8 Å². The highest BCUT2D eigenvalue weighted by molar-refractivity contribution is 5.92. The summed E-state index contributed by atoms with van der Waals surface area (Å²) in [5.74, 6) is -0.525. The molecule has 0 N–H and O–H groups in total. The van der Waals surface area contributed by atoms with Crippen molar-refractivity contribution >= 4 is 12.0 Å². The largest absolute Gasteiger partial charge is 0.332 e. The molecule has 1 saturated heterocycles. The molecule has 1 aromatic heterocycles. The van der Waals surface area contributed by atoms with Crippen molar-refractivity contribution in [2.24, 2.45) is 14.1 Å². The fourth-order valence-electron chi connectivity index (χ4n) is 3.27. The van der Waals surface area contributed by atoms with E-state index in [1.807, 2.05) is 0 Å². The van der Waals surface area contributed by atoms with Crippen LogP contribution in [0.15, 0.2) is 46.1 Å². The molecule has 0 spiro atoms. The zero-order chi connectivity index (χ0) is 18.8. The van der Waals surface area contributed by atoms with Crippen LogP contribution in [0.3, 0.4) is 0 Å². The molecule has 0 bridgehead atoms. The Kier molecular flexibility index (Phi) is 4.88. The van der Waals surface area contributed by atoms with Crippen LogP contribution in [0, 0.1) is 5.82 Å². The van der Waals surface area contributed by atoms with Crippen LogP contribution in [0.4, 0.5) is 4.39 Å². The van der Waals surface area contributed by atoms with Gasteiger partial charge >= 0.3 is 5.69 Å². The molecule has 1 atom stereocenters. The number of benzene rings is 1. The molecule has 0 saturated carbocycles. The lowest BCUT2D eigenvalue weighted by Gasteiger charge is -2.23. The SMILES string of the molecule is Cn1cc(/C=C/C(=O)N2CCCC2c2ccc(F)cc2)c(=O)n(C)c1=O. The molecule has 1 fully saturated rings. The third-order valence-corrected chi connectivity index (χ3v) is 4.67. The van der Waals surface area contributed by atoms with Gasteiger partial charge in [-0.3, -0.25) is 14.2 Å². The van der Waals surface area contributed by atoms with Gasteiger partial charge in [0.1, 0.15) is 5.82 Å². The van der Waals surface area contributed by atoms with Crippen molar-refractivity contribution in [3.63, 3.8) is 0 Å². The molecule has 1 aliphatic heterocycles. The second kappa shape index (κ2) is 7.11. The van der Waals surface area contributed by atoms with E-state index in [4.69, 9.17) is 0 Å². The van der Waals surface area contributed by atoms with Gasteiger partial charge in [-0.2, -0.15) is 0 Å². The number of carbonyl (C=O) groups is 1. The maximum absolute atomic E-state index is 13.1. The highest BCUT2D eigenvalue weighted by Gasteiger charge is 2.28. The van der Waals surface area contributed by atoms with Crippen LogP contribution < -0.4 is 11.2 Å². The smallest absolute Gasteiger partial charge is 0.330 e. The maximum Gasteiger partial charge on any atom is 0.330 e. The van der Waals surface area contributed by atoms with Gasteiger partial charge in [-0.25, -0.2) is 9.18 Å². The van der Waals surface area contributed by atoms with Crippen LogP contribution in [-0.4, -0.2) is 26.5 Å². The number of hydrogen-bond donors (Lipinski definition) is 0. The summed E-state index contributed by atoms with van der Waals surface area (Å²) in [6.07, 6.45) is 5.87. The zero-order valence-corrected chi connectivity index (χ0v) is 14.7. The Bertz CT molecular complexity index is 973. The summed E-state index contributed by atoms with van der Waals surface area (Å²) in [7, 11) is 2.95. The second-order valence-electron chi connectivity index (χ2n) is 6.42. The van der Waals surface area contributed by atoms with Gasteiger partial charge in [0, 0.05) is 32.9 Å². The Morgan fingerprint density at radius 2 is 1.88 bits per heavy atom. The topological polar surface area (TPSA) is 64.3 Å². The minimum Gasteiger partial charge on any atom is -0.332 e. The van der Waals surface area contributed by atoms with Crippen molar-refractivity contribution in [3.8, 4) is 0 Å².